The van der Waals surface area contributed by atoms with E-state index in [1.54, 1.807) is 0 Å². The number of thiophene rings is 1. The van der Waals surface area contributed by atoms with Crippen molar-refractivity contribution in [2.45, 2.75) is 6.18 Å². The van der Waals surface area contributed by atoms with E-state index in [1.165, 1.54) is 12.1 Å². The second-order valence-electron chi connectivity index (χ2n) is 3.93. The van der Waals surface area contributed by atoms with Gasteiger partial charge in [0.2, 0.25) is 0 Å². The lowest BCUT2D eigenvalue weighted by molar-refractivity contribution is -0.380. The van der Waals surface area contributed by atoms with Gasteiger partial charge >= 0.3 is 11.2 Å². The summed E-state index contributed by atoms with van der Waals surface area (Å²) in [5.74, 6) is -0.701. The van der Waals surface area contributed by atoms with Crippen molar-refractivity contribution < 1.29 is 22.9 Å². The van der Waals surface area contributed by atoms with Crippen LogP contribution in [0, 0.1) is 10.1 Å². The molecule has 110 valence electrons. The van der Waals surface area contributed by atoms with Crippen LogP contribution >= 0.6 is 11.3 Å². The highest BCUT2D eigenvalue weighted by atomic mass is 32.1. The van der Waals surface area contributed by atoms with Crippen molar-refractivity contribution in [2.75, 3.05) is 5.32 Å². The van der Waals surface area contributed by atoms with Crippen LogP contribution in [0.15, 0.2) is 36.4 Å². The number of carbonyl (C=O) groups excluding carboxylic acids is 1. The summed E-state index contributed by atoms with van der Waals surface area (Å²) in [4.78, 5) is 21.7. The number of hydrogen-bond donors (Lipinski definition) is 1. The second kappa shape index (κ2) is 5.52. The molecular weight excluding hydrogens is 309 g/mol. The molecule has 0 radical (unpaired) electrons. The van der Waals surface area contributed by atoms with Crippen LogP contribution in [0.3, 0.4) is 0 Å². The van der Waals surface area contributed by atoms with Gasteiger partial charge in [0.05, 0.1) is 15.4 Å². The number of nitro groups is 1. The average molecular weight is 316 g/mol. The van der Waals surface area contributed by atoms with Crippen LogP contribution in [0.4, 0.5) is 23.9 Å². The zero-order valence-corrected chi connectivity index (χ0v) is 11.0. The van der Waals surface area contributed by atoms with Gasteiger partial charge in [-0.2, -0.15) is 13.2 Å². The topological polar surface area (TPSA) is 72.2 Å². The quantitative estimate of drug-likeness (QED) is 0.689. The van der Waals surface area contributed by atoms with Gasteiger partial charge in [-0.25, -0.2) is 0 Å². The summed E-state index contributed by atoms with van der Waals surface area (Å²) in [6.45, 7) is 0. The highest BCUT2D eigenvalue weighted by Crippen LogP contribution is 2.31. The van der Waals surface area contributed by atoms with E-state index in [0.717, 1.165) is 24.3 Å². The van der Waals surface area contributed by atoms with Crippen molar-refractivity contribution in [3.8, 4) is 0 Å². The van der Waals surface area contributed by atoms with E-state index >= 15 is 0 Å². The van der Waals surface area contributed by atoms with Gasteiger partial charge < -0.3 is 5.32 Å². The molecule has 2 rings (SSSR count). The molecule has 0 aliphatic heterocycles. The number of anilines is 1. The van der Waals surface area contributed by atoms with Crippen molar-refractivity contribution in [1.82, 2.24) is 0 Å². The summed E-state index contributed by atoms with van der Waals surface area (Å²) in [5.41, 5.74) is -0.927. The first-order valence-electron chi connectivity index (χ1n) is 5.50. The number of alkyl halides is 3. The molecule has 0 atom stereocenters. The number of nitrogens with zero attached hydrogens (tertiary/aromatic N) is 1. The second-order valence-corrected chi connectivity index (χ2v) is 4.99. The van der Waals surface area contributed by atoms with Gasteiger partial charge in [-0.05, 0) is 24.3 Å². The van der Waals surface area contributed by atoms with Gasteiger partial charge in [0.15, 0.2) is 0 Å². The lowest BCUT2D eigenvalue weighted by Gasteiger charge is -2.09. The molecule has 0 aliphatic carbocycles. The van der Waals surface area contributed by atoms with Crippen LogP contribution in [0.5, 0.6) is 0 Å². The molecule has 1 aromatic heterocycles. The van der Waals surface area contributed by atoms with Crippen molar-refractivity contribution in [3.63, 3.8) is 0 Å². The molecule has 0 spiro atoms. The SMILES string of the molecule is O=C(Nc1cccc(C(F)(F)F)c1)c1ccc([N+](=O)[O-])s1. The number of benzene rings is 1. The molecule has 1 amide bonds. The van der Waals surface area contributed by atoms with Crippen molar-refractivity contribution in [2.24, 2.45) is 0 Å². The van der Waals surface area contributed by atoms with Crippen LogP contribution < -0.4 is 5.32 Å². The molecule has 9 heteroatoms. The minimum absolute atomic E-state index is 0.0362. The predicted octanol–water partition coefficient (Wildman–Crippen LogP) is 3.93. The van der Waals surface area contributed by atoms with Gasteiger partial charge in [-0.1, -0.05) is 17.4 Å². The molecule has 0 fully saturated rings. The largest absolute Gasteiger partial charge is 0.416 e. The summed E-state index contributed by atoms with van der Waals surface area (Å²) < 4.78 is 37.6. The van der Waals surface area contributed by atoms with E-state index < -0.39 is 22.6 Å². The molecule has 2 aromatic rings. The first-order valence-corrected chi connectivity index (χ1v) is 6.32. The Balaban J connectivity index is 2.17. The molecule has 0 saturated heterocycles. The third-order valence-corrected chi connectivity index (χ3v) is 3.48. The van der Waals surface area contributed by atoms with Crippen LogP contribution in [0.2, 0.25) is 0 Å². The zero-order chi connectivity index (χ0) is 15.6. The molecule has 1 heterocycles. The van der Waals surface area contributed by atoms with Gasteiger partial charge in [0.1, 0.15) is 0 Å². The first-order chi connectivity index (χ1) is 9.77. The lowest BCUT2D eigenvalue weighted by atomic mass is 10.2. The van der Waals surface area contributed by atoms with Crippen molar-refractivity contribution >= 4 is 27.9 Å². The van der Waals surface area contributed by atoms with Gasteiger partial charge in [0.25, 0.3) is 5.91 Å². The fraction of sp³-hybridized carbons (Fsp3) is 0.0833. The zero-order valence-electron chi connectivity index (χ0n) is 10.2. The number of nitrogens with one attached hydrogen (secondary N) is 1. The fourth-order valence-electron chi connectivity index (χ4n) is 1.51. The van der Waals surface area contributed by atoms with Gasteiger partial charge in [0, 0.05) is 11.8 Å². The van der Waals surface area contributed by atoms with Crippen LogP contribution in [0.25, 0.3) is 0 Å². The van der Waals surface area contributed by atoms with E-state index in [-0.39, 0.29) is 15.6 Å². The van der Waals surface area contributed by atoms with Crippen LogP contribution in [0.1, 0.15) is 15.2 Å². The minimum atomic E-state index is -4.51. The standard InChI is InChI=1S/C12H7F3N2O3S/c13-12(14,15)7-2-1-3-8(6-7)16-11(18)9-4-5-10(21-9)17(19)20/h1-6H,(H,16,18). The van der Waals surface area contributed by atoms with Crippen LogP contribution in [-0.2, 0) is 6.18 Å². The highest BCUT2D eigenvalue weighted by molar-refractivity contribution is 7.17. The van der Waals surface area contributed by atoms with E-state index in [4.69, 9.17) is 0 Å². The number of carbonyl (C=O) groups is 1. The van der Waals surface area contributed by atoms with Gasteiger partial charge in [-0.15, -0.1) is 0 Å². The molecule has 0 aliphatic rings. The molecule has 0 bridgehead atoms. The Labute approximate surface area is 120 Å². The Morgan fingerprint density at radius 1 is 1.24 bits per heavy atom. The highest BCUT2D eigenvalue weighted by Gasteiger charge is 2.30. The normalized spacial score (nSPS) is 11.2. The Morgan fingerprint density at radius 2 is 1.95 bits per heavy atom. The van der Waals surface area contributed by atoms with Crippen molar-refractivity contribution in [1.29, 1.82) is 0 Å². The summed E-state index contributed by atoms with van der Waals surface area (Å²) in [6.07, 6.45) is -4.51. The number of hydrogen-bond acceptors (Lipinski definition) is 4. The number of halogens is 3. The smallest absolute Gasteiger partial charge is 0.321 e. The third kappa shape index (κ3) is 3.57. The van der Waals surface area contributed by atoms with Gasteiger partial charge in [-0.3, -0.25) is 14.9 Å². The van der Waals surface area contributed by atoms with Crippen LogP contribution in [-0.4, -0.2) is 10.8 Å². The van der Waals surface area contributed by atoms with E-state index in [0.29, 0.717) is 11.3 Å². The molecule has 1 N–H and O–H groups in total. The number of rotatable bonds is 3. The summed E-state index contributed by atoms with van der Waals surface area (Å²) in [5, 5.41) is 12.6. The third-order valence-electron chi connectivity index (χ3n) is 2.44. The maximum Gasteiger partial charge on any atom is 0.416 e. The lowest BCUT2D eigenvalue weighted by Crippen LogP contribution is -2.11. The average Bonchev–Trinajstić information content (AvgIpc) is 2.88. The Kier molecular flexibility index (Phi) is 3.94. The first kappa shape index (κ1) is 15.0. The fourth-order valence-corrected chi connectivity index (χ4v) is 2.23. The van der Waals surface area contributed by atoms with Crippen molar-refractivity contribution in [3.05, 3.63) is 57.0 Å². The Hall–Kier alpha value is -2.42. The summed E-state index contributed by atoms with van der Waals surface area (Å²) in [6, 6.07) is 6.54. The molecular formula is C12H7F3N2O3S. The van der Waals surface area contributed by atoms with E-state index in [1.807, 2.05) is 0 Å². The summed E-state index contributed by atoms with van der Waals surface area (Å²) in [7, 11) is 0. The molecule has 5 nitrogen and oxygen atoms in total. The van der Waals surface area contributed by atoms with E-state index in [2.05, 4.69) is 5.32 Å². The maximum absolute atomic E-state index is 12.5. The monoisotopic (exact) mass is 316 g/mol. The summed E-state index contributed by atoms with van der Waals surface area (Å²) >= 11 is 0.645. The molecule has 0 saturated carbocycles. The molecule has 1 aromatic carbocycles. The Bertz CT molecular complexity index is 697. The maximum atomic E-state index is 12.5. The predicted molar refractivity (Wildman–Crippen MR) is 70.4 cm³/mol. The Morgan fingerprint density at radius 3 is 2.52 bits per heavy atom. The number of amides is 1. The van der Waals surface area contributed by atoms with E-state index in [9.17, 15) is 28.1 Å². The minimum Gasteiger partial charge on any atom is -0.321 e. The molecule has 21 heavy (non-hydrogen) atoms. The molecule has 0 unspecified atom stereocenters.